The molecule has 0 radical (unpaired) electrons. The highest BCUT2D eigenvalue weighted by Gasteiger charge is 2.32. The van der Waals surface area contributed by atoms with E-state index in [-0.39, 0.29) is 54.8 Å². The van der Waals surface area contributed by atoms with Gasteiger partial charge < -0.3 is 53.2 Å². The number of anilines is 1. The summed E-state index contributed by atoms with van der Waals surface area (Å²) in [6.45, 7) is 9.45. The molecule has 18 nitrogen and oxygen atoms in total. The van der Waals surface area contributed by atoms with E-state index in [2.05, 4.69) is 15.7 Å². The number of nitrogens with one attached hydrogen (secondary N) is 3. The summed E-state index contributed by atoms with van der Waals surface area (Å²) in [6, 6.07) is 15.6. The highest BCUT2D eigenvalue weighted by molar-refractivity contribution is 8.06. The molecule has 0 fully saturated rings. The lowest BCUT2D eigenvalue weighted by Crippen LogP contribution is -2.34. The molecule has 0 bridgehead atoms. The van der Waals surface area contributed by atoms with Crippen molar-refractivity contribution >= 4 is 47.7 Å². The monoisotopic (exact) mass is 974 g/mol. The molecule has 4 rings (SSSR count). The molecule has 3 N–H and O–H groups in total. The van der Waals surface area contributed by atoms with E-state index in [4.69, 9.17) is 49.6 Å². The minimum atomic E-state index is -3.41. The first kappa shape index (κ1) is 55.6. The van der Waals surface area contributed by atoms with Gasteiger partial charge in [-0.2, -0.15) is 5.10 Å². The van der Waals surface area contributed by atoms with Crippen LogP contribution in [0.2, 0.25) is 0 Å². The smallest absolute Gasteiger partial charge is 0.257 e. The zero-order chi connectivity index (χ0) is 48.3. The Morgan fingerprint density at radius 1 is 0.701 bits per heavy atom. The molecule has 1 aliphatic heterocycles. The molecule has 0 saturated heterocycles. The number of carbonyl (C=O) groups excluding carboxylic acids is 4. The van der Waals surface area contributed by atoms with Gasteiger partial charge in [0.2, 0.25) is 23.4 Å². The Balaban J connectivity index is 1.07. The van der Waals surface area contributed by atoms with E-state index >= 15 is 0 Å². The first-order valence-corrected chi connectivity index (χ1v) is 26.0. The lowest BCUT2D eigenvalue weighted by molar-refractivity contribution is -0.486. The summed E-state index contributed by atoms with van der Waals surface area (Å²) in [5.41, 5.74) is 4.90. The molecule has 67 heavy (non-hydrogen) atoms. The molecule has 0 spiro atoms. The van der Waals surface area contributed by atoms with E-state index in [0.29, 0.717) is 105 Å². The zero-order valence-corrected chi connectivity index (χ0v) is 41.3. The fourth-order valence-electron chi connectivity index (χ4n) is 6.86. The third kappa shape index (κ3) is 21.4. The lowest BCUT2D eigenvalue weighted by atomic mass is 9.95. The predicted octanol–water partition coefficient (Wildman–Crippen LogP) is 4.57. The van der Waals surface area contributed by atoms with Gasteiger partial charge in [0.25, 0.3) is 5.69 Å². The first-order chi connectivity index (χ1) is 32.3. The van der Waals surface area contributed by atoms with Crippen molar-refractivity contribution in [3.8, 4) is 22.5 Å². The summed E-state index contributed by atoms with van der Waals surface area (Å²) in [6.07, 6.45) is 3.78. The maximum absolute atomic E-state index is 13.8. The highest BCUT2D eigenvalue weighted by atomic mass is 32.5. The third-order valence-corrected chi connectivity index (χ3v) is 12.1. The molecule has 1 atom stereocenters. The van der Waals surface area contributed by atoms with Crippen LogP contribution in [0.4, 0.5) is 5.69 Å². The van der Waals surface area contributed by atoms with Crippen LogP contribution in [0.15, 0.2) is 48.5 Å². The van der Waals surface area contributed by atoms with Crippen LogP contribution in [0.1, 0.15) is 84.6 Å². The Morgan fingerprint density at radius 3 is 2.01 bits per heavy atom. The summed E-state index contributed by atoms with van der Waals surface area (Å²) >= 11 is 4.85. The molecule has 20 heteroatoms. The molecule has 2 aromatic carbocycles. The first-order valence-electron chi connectivity index (χ1n) is 23.4. The fourth-order valence-corrected chi connectivity index (χ4v) is 8.53. The number of nitrogens with zero attached hydrogens (tertiary/aromatic N) is 3. The van der Waals surface area contributed by atoms with Crippen molar-refractivity contribution in [2.75, 3.05) is 90.7 Å². The van der Waals surface area contributed by atoms with Crippen molar-refractivity contribution in [3.05, 3.63) is 54.1 Å². The molecule has 1 aliphatic rings. The van der Waals surface area contributed by atoms with Crippen LogP contribution in [-0.2, 0) is 76.8 Å². The molecule has 0 aliphatic carbocycles. The van der Waals surface area contributed by atoms with E-state index < -0.39 is 6.72 Å². The van der Waals surface area contributed by atoms with Crippen LogP contribution in [0.25, 0.3) is 22.5 Å². The van der Waals surface area contributed by atoms with Crippen molar-refractivity contribution in [1.29, 1.82) is 0 Å². The Labute approximate surface area is 400 Å². The molecule has 3 aromatic rings. The van der Waals surface area contributed by atoms with Crippen molar-refractivity contribution in [2.24, 2.45) is 5.92 Å². The van der Waals surface area contributed by atoms with Crippen LogP contribution in [0, 0.1) is 5.92 Å². The summed E-state index contributed by atoms with van der Waals surface area (Å²) in [7, 11) is 0. The van der Waals surface area contributed by atoms with E-state index in [1.165, 1.54) is 0 Å². The maximum Gasteiger partial charge on any atom is 0.257 e. The normalized spacial score (nSPS) is 13.1. The van der Waals surface area contributed by atoms with E-state index in [1.54, 1.807) is 23.5 Å². The summed E-state index contributed by atoms with van der Waals surface area (Å²) in [4.78, 5) is 65.7. The molecular weight excluding hydrogens is 904 g/mol. The van der Waals surface area contributed by atoms with Gasteiger partial charge in [-0.1, -0.05) is 68.8 Å². The average molecular weight is 975 g/mol. The van der Waals surface area contributed by atoms with Crippen molar-refractivity contribution in [2.45, 2.75) is 98.3 Å². The number of benzene rings is 2. The van der Waals surface area contributed by atoms with Gasteiger partial charge >= 0.3 is 0 Å². The van der Waals surface area contributed by atoms with E-state index in [0.717, 1.165) is 59.4 Å². The number of hydrogen-bond donors (Lipinski definition) is 2. The second kappa shape index (κ2) is 31.2. The van der Waals surface area contributed by atoms with Crippen molar-refractivity contribution in [3.63, 3.8) is 0 Å². The number of amides is 3. The summed E-state index contributed by atoms with van der Waals surface area (Å²) in [5, 5.41) is 14.1. The van der Waals surface area contributed by atoms with Gasteiger partial charge in [0, 0.05) is 55.4 Å². The Bertz CT molecular complexity index is 2020. The number of fused-ring (bicyclic) bond motifs is 5. The number of ketones is 1. The topological polar surface area (TPSA) is 215 Å². The maximum atomic E-state index is 13.8. The van der Waals surface area contributed by atoms with Gasteiger partial charge in [0.1, 0.15) is 19.0 Å². The van der Waals surface area contributed by atoms with Crippen LogP contribution in [-0.4, -0.2) is 125 Å². The van der Waals surface area contributed by atoms with Crippen LogP contribution >= 0.6 is 6.72 Å². The Hall–Kier alpha value is -4.01. The number of carbonyl (C=O) groups is 4. The number of aromatic amines is 1. The number of Topliss-reactive ketones (excluding diaryl/α,β-unsaturated/α-hetero) is 1. The van der Waals surface area contributed by atoms with Gasteiger partial charge in [0.15, 0.2) is 0 Å². The largest absolute Gasteiger partial charge is 0.780 e. The number of unbranched alkanes of at least 4 members (excludes halogenated alkanes) is 3. The van der Waals surface area contributed by atoms with Gasteiger partial charge in [-0.05, 0) is 55.2 Å². The van der Waals surface area contributed by atoms with E-state index in [1.807, 2.05) is 62.4 Å². The number of aromatic nitrogens is 3. The Morgan fingerprint density at radius 2 is 1.30 bits per heavy atom. The van der Waals surface area contributed by atoms with Gasteiger partial charge in [-0.3, -0.25) is 19.2 Å². The van der Waals surface area contributed by atoms with Gasteiger partial charge in [-0.15, -0.1) is 0 Å². The number of rotatable bonds is 35. The van der Waals surface area contributed by atoms with E-state index in [9.17, 15) is 24.1 Å². The minimum Gasteiger partial charge on any atom is -0.780 e. The van der Waals surface area contributed by atoms with Crippen LogP contribution < -0.4 is 25.5 Å². The predicted molar refractivity (Wildman–Crippen MR) is 254 cm³/mol. The minimum absolute atomic E-state index is 0.0240. The quantitative estimate of drug-likeness (QED) is 0.0611. The molecule has 2 heterocycles. The summed E-state index contributed by atoms with van der Waals surface area (Å²) in [5.74, 6) is -0.371. The molecule has 1 unspecified atom stereocenters. The highest BCUT2D eigenvalue weighted by Crippen LogP contribution is 2.41. The lowest BCUT2D eigenvalue weighted by Gasteiger charge is -2.29. The second-order valence-electron chi connectivity index (χ2n) is 16.4. The number of hydrogen-bond acceptors (Lipinski definition) is 14. The van der Waals surface area contributed by atoms with Gasteiger partial charge in [-0.25, -0.2) is 0 Å². The number of ether oxygens (including phenoxy) is 5. The SMILES string of the molecule is CC(C)OP([O-])(=S)OCCCCCCNC(=O)CCOCCOCCOCCOCCn1nc2c([nH+]1)-c1ccccc1N(C(=O)CCC(=O)NCCOCCC(=O)C(C)C)Cc1ccccc1-2. The molecule has 1 aromatic heterocycles. The fraction of sp³-hybridized carbons (Fsp3) is 0.617. The Kier molecular flexibility index (Phi) is 25.9. The molecule has 3 amide bonds. The van der Waals surface area contributed by atoms with Gasteiger partial charge in [0.05, 0.1) is 96.6 Å². The third-order valence-electron chi connectivity index (χ3n) is 10.4. The summed E-state index contributed by atoms with van der Waals surface area (Å²) < 4.78 is 38.4. The van der Waals surface area contributed by atoms with Crippen molar-refractivity contribution < 1.29 is 61.9 Å². The van der Waals surface area contributed by atoms with Crippen LogP contribution in [0.3, 0.4) is 0 Å². The molecule has 0 saturated carbocycles. The average Bonchev–Trinajstić information content (AvgIpc) is 3.71. The number of para-hydroxylation sites is 1. The standard InChI is InChI=1S/C47H71N6O12PS/c1-36(2)42(54)19-25-59-27-22-49-43(55)17-18-45(57)52-35-38-13-7-8-14-39(38)46-47(40-15-9-10-16-41(40)52)51-53(50-46)23-28-61-30-32-63-34-33-62-31-29-60-26-20-44(56)48-21-11-5-6-12-24-64-66(58,67)65-37(3)4/h7-10,13-16,36-37H,5-6,11-12,17-35H2,1-4H3,(H,48,56)(H,49,55)(H,58,67). The van der Waals surface area contributed by atoms with Crippen molar-refractivity contribution in [1.82, 2.24) is 20.5 Å². The molecule has 372 valence electrons. The molecular formula is C47H71N6O12PS. The second-order valence-corrected chi connectivity index (χ2v) is 19.1. The number of H-pyrrole nitrogens is 1. The zero-order valence-electron chi connectivity index (χ0n) is 39.6. The van der Waals surface area contributed by atoms with Crippen LogP contribution in [0.5, 0.6) is 0 Å².